The quantitative estimate of drug-likeness (QED) is 0.718. The van der Waals surface area contributed by atoms with Crippen molar-refractivity contribution in [2.24, 2.45) is 0 Å². The molecule has 2 unspecified atom stereocenters. The van der Waals surface area contributed by atoms with Crippen LogP contribution in [0.25, 0.3) is 0 Å². The lowest BCUT2D eigenvalue weighted by molar-refractivity contribution is 0.0906. The summed E-state index contributed by atoms with van der Waals surface area (Å²) in [6.07, 6.45) is 3.40. The average Bonchev–Trinajstić information content (AvgIpc) is 2.86. The fourth-order valence-electron chi connectivity index (χ4n) is 1.88. The van der Waals surface area contributed by atoms with Crippen molar-refractivity contribution in [3.63, 3.8) is 0 Å². The van der Waals surface area contributed by atoms with Crippen LogP contribution in [0.3, 0.4) is 0 Å². The molecule has 0 aromatic rings. The van der Waals surface area contributed by atoms with Gasteiger partial charge in [0.15, 0.2) is 0 Å². The number of likely N-dealkylation sites (N-methyl/N-ethyl adjacent to an activating group) is 1. The minimum absolute atomic E-state index is 0.0508. The highest BCUT2D eigenvalue weighted by atomic mass is 16.5. The van der Waals surface area contributed by atoms with E-state index in [1.807, 2.05) is 14.0 Å². The van der Waals surface area contributed by atoms with Gasteiger partial charge >= 0.3 is 6.03 Å². The van der Waals surface area contributed by atoms with Crippen molar-refractivity contribution in [1.29, 1.82) is 0 Å². The summed E-state index contributed by atoms with van der Waals surface area (Å²) in [5.41, 5.74) is 0. The number of carbonyl (C=O) groups is 1. The second kappa shape index (κ2) is 3.77. The fourth-order valence-corrected chi connectivity index (χ4v) is 1.88. The molecule has 0 bridgehead atoms. The second-order valence-corrected chi connectivity index (χ2v) is 4.27. The van der Waals surface area contributed by atoms with Crippen molar-refractivity contribution in [1.82, 2.24) is 10.2 Å². The molecule has 1 aliphatic carbocycles. The number of hydrogen-bond donors (Lipinski definition) is 1. The van der Waals surface area contributed by atoms with E-state index in [0.717, 1.165) is 25.9 Å². The SMILES string of the molecule is CC1OCCC1N(C)C(=O)NC1CC1. The highest BCUT2D eigenvalue weighted by molar-refractivity contribution is 5.75. The molecule has 14 heavy (non-hydrogen) atoms. The van der Waals surface area contributed by atoms with Crippen molar-refractivity contribution in [2.75, 3.05) is 13.7 Å². The molecule has 4 nitrogen and oxygen atoms in total. The van der Waals surface area contributed by atoms with Crippen LogP contribution >= 0.6 is 0 Å². The summed E-state index contributed by atoms with van der Waals surface area (Å²) < 4.78 is 5.44. The average molecular weight is 198 g/mol. The van der Waals surface area contributed by atoms with E-state index in [4.69, 9.17) is 4.74 Å². The molecule has 0 aromatic heterocycles. The van der Waals surface area contributed by atoms with Crippen molar-refractivity contribution >= 4 is 6.03 Å². The minimum Gasteiger partial charge on any atom is -0.376 e. The lowest BCUT2D eigenvalue weighted by Crippen LogP contribution is -2.46. The molecule has 1 saturated carbocycles. The minimum atomic E-state index is 0.0508. The predicted octanol–water partition coefficient (Wildman–Crippen LogP) is 0.968. The van der Waals surface area contributed by atoms with Gasteiger partial charge in [0.2, 0.25) is 0 Å². The number of nitrogens with zero attached hydrogens (tertiary/aromatic N) is 1. The number of nitrogens with one attached hydrogen (secondary N) is 1. The molecule has 80 valence electrons. The third kappa shape index (κ3) is 2.00. The lowest BCUT2D eigenvalue weighted by atomic mass is 10.1. The Kier molecular flexibility index (Phi) is 2.63. The smallest absolute Gasteiger partial charge is 0.317 e. The van der Waals surface area contributed by atoms with E-state index in [9.17, 15) is 4.79 Å². The van der Waals surface area contributed by atoms with Crippen LogP contribution in [0.1, 0.15) is 26.2 Å². The van der Waals surface area contributed by atoms with Crippen LogP contribution in [-0.4, -0.2) is 42.8 Å². The Morgan fingerprint density at radius 3 is 2.64 bits per heavy atom. The third-order valence-corrected chi connectivity index (χ3v) is 3.06. The fraction of sp³-hybridized carbons (Fsp3) is 0.900. The van der Waals surface area contributed by atoms with Gasteiger partial charge in [-0.15, -0.1) is 0 Å². The van der Waals surface area contributed by atoms with E-state index in [1.54, 1.807) is 4.90 Å². The molecule has 1 N–H and O–H groups in total. The monoisotopic (exact) mass is 198 g/mol. The van der Waals surface area contributed by atoms with Gasteiger partial charge < -0.3 is 15.0 Å². The zero-order chi connectivity index (χ0) is 10.1. The molecule has 0 radical (unpaired) electrons. The van der Waals surface area contributed by atoms with Crippen LogP contribution < -0.4 is 5.32 Å². The van der Waals surface area contributed by atoms with Crippen LogP contribution in [0, 0.1) is 0 Å². The Morgan fingerprint density at radius 2 is 2.14 bits per heavy atom. The van der Waals surface area contributed by atoms with Crippen LogP contribution in [0.15, 0.2) is 0 Å². The molecule has 1 saturated heterocycles. The Morgan fingerprint density at radius 1 is 1.43 bits per heavy atom. The van der Waals surface area contributed by atoms with Gasteiger partial charge in [-0.2, -0.15) is 0 Å². The van der Waals surface area contributed by atoms with E-state index < -0.39 is 0 Å². The van der Waals surface area contributed by atoms with Gasteiger partial charge in [0.1, 0.15) is 0 Å². The number of ether oxygens (including phenoxy) is 1. The molecular formula is C10H18N2O2. The van der Waals surface area contributed by atoms with E-state index in [0.29, 0.717) is 6.04 Å². The van der Waals surface area contributed by atoms with Crippen LogP contribution in [0.5, 0.6) is 0 Å². The molecule has 0 spiro atoms. The maximum Gasteiger partial charge on any atom is 0.317 e. The van der Waals surface area contributed by atoms with E-state index in [1.165, 1.54) is 0 Å². The van der Waals surface area contributed by atoms with E-state index in [2.05, 4.69) is 5.32 Å². The molecule has 4 heteroatoms. The standard InChI is InChI=1S/C10H18N2O2/c1-7-9(5-6-14-7)12(2)10(13)11-8-3-4-8/h7-9H,3-6H2,1-2H3,(H,11,13). The first-order valence-electron chi connectivity index (χ1n) is 5.33. The molecule has 2 fully saturated rings. The normalized spacial score (nSPS) is 31.6. The molecule has 2 atom stereocenters. The Bertz CT molecular complexity index is 228. The number of carbonyl (C=O) groups excluding carboxylic acids is 1. The maximum atomic E-state index is 11.7. The first-order chi connectivity index (χ1) is 6.68. The molecule has 2 amide bonds. The van der Waals surface area contributed by atoms with E-state index >= 15 is 0 Å². The van der Waals surface area contributed by atoms with Gasteiger partial charge in [0.25, 0.3) is 0 Å². The van der Waals surface area contributed by atoms with Crippen LogP contribution in [0.4, 0.5) is 4.79 Å². The molecule has 1 heterocycles. The highest BCUT2D eigenvalue weighted by Crippen LogP contribution is 2.21. The van der Waals surface area contributed by atoms with Crippen molar-refractivity contribution in [3.8, 4) is 0 Å². The van der Waals surface area contributed by atoms with Crippen LogP contribution in [0.2, 0.25) is 0 Å². The second-order valence-electron chi connectivity index (χ2n) is 4.27. The largest absolute Gasteiger partial charge is 0.376 e. The number of rotatable bonds is 2. The van der Waals surface area contributed by atoms with E-state index in [-0.39, 0.29) is 18.2 Å². The van der Waals surface area contributed by atoms with Crippen molar-refractivity contribution in [2.45, 2.75) is 44.4 Å². The summed E-state index contributed by atoms with van der Waals surface area (Å²) in [5, 5.41) is 2.98. The zero-order valence-corrected chi connectivity index (χ0v) is 8.82. The summed E-state index contributed by atoms with van der Waals surface area (Å²) in [7, 11) is 1.85. The third-order valence-electron chi connectivity index (χ3n) is 3.06. The first-order valence-corrected chi connectivity index (χ1v) is 5.33. The predicted molar refractivity (Wildman–Crippen MR) is 53.1 cm³/mol. The number of amides is 2. The van der Waals surface area contributed by atoms with Gasteiger partial charge in [0, 0.05) is 19.7 Å². The van der Waals surface area contributed by atoms with Crippen molar-refractivity contribution in [3.05, 3.63) is 0 Å². The van der Waals surface area contributed by atoms with Gasteiger partial charge in [0.05, 0.1) is 12.1 Å². The summed E-state index contributed by atoms with van der Waals surface area (Å²) in [4.78, 5) is 13.5. The van der Waals surface area contributed by atoms with Gasteiger partial charge in [-0.3, -0.25) is 0 Å². The molecule has 2 rings (SSSR count). The Balaban J connectivity index is 1.85. The van der Waals surface area contributed by atoms with Crippen LogP contribution in [-0.2, 0) is 4.74 Å². The summed E-state index contributed by atoms with van der Waals surface area (Å²) in [6.45, 7) is 2.80. The lowest BCUT2D eigenvalue weighted by Gasteiger charge is -2.26. The summed E-state index contributed by atoms with van der Waals surface area (Å²) in [5.74, 6) is 0. The molecule has 1 aliphatic heterocycles. The van der Waals surface area contributed by atoms with Gasteiger partial charge in [-0.1, -0.05) is 0 Å². The first kappa shape index (κ1) is 9.77. The number of hydrogen-bond acceptors (Lipinski definition) is 2. The highest BCUT2D eigenvalue weighted by Gasteiger charge is 2.32. The van der Waals surface area contributed by atoms with Gasteiger partial charge in [-0.05, 0) is 26.2 Å². The Labute approximate surface area is 84.6 Å². The maximum absolute atomic E-state index is 11.7. The summed E-state index contributed by atoms with van der Waals surface area (Å²) in [6, 6.07) is 0.728. The van der Waals surface area contributed by atoms with Gasteiger partial charge in [-0.25, -0.2) is 4.79 Å². The topological polar surface area (TPSA) is 41.6 Å². The molecular weight excluding hydrogens is 180 g/mol. The molecule has 2 aliphatic rings. The zero-order valence-electron chi connectivity index (χ0n) is 8.82. The Hall–Kier alpha value is -0.770. The van der Waals surface area contributed by atoms with Crippen molar-refractivity contribution < 1.29 is 9.53 Å². The summed E-state index contributed by atoms with van der Waals surface area (Å²) >= 11 is 0. The number of urea groups is 1. The molecule has 0 aromatic carbocycles.